The number of hydrogen-bond acceptors (Lipinski definition) is 6. The summed E-state index contributed by atoms with van der Waals surface area (Å²) in [6, 6.07) is 0. The summed E-state index contributed by atoms with van der Waals surface area (Å²) in [4.78, 5) is 25.9. The molecule has 3 heterocycles. The molecule has 0 aromatic carbocycles. The van der Waals surface area contributed by atoms with Crippen LogP contribution in [0, 0.1) is 6.92 Å². The molecule has 2 aliphatic rings. The van der Waals surface area contributed by atoms with Crippen molar-refractivity contribution in [3.63, 3.8) is 0 Å². The Morgan fingerprint density at radius 3 is 2.77 bits per heavy atom. The van der Waals surface area contributed by atoms with Crippen LogP contribution < -0.4 is 11.2 Å². The Bertz CT molecular complexity index is 683. The summed E-state index contributed by atoms with van der Waals surface area (Å²) in [5.74, 6) is 0. The third-order valence-corrected chi connectivity index (χ3v) is 4.49. The molecule has 2 saturated heterocycles. The number of nitrogens with zero attached hydrogens (tertiary/aromatic N) is 1. The Labute approximate surface area is 126 Å². The molecule has 1 aromatic heterocycles. The van der Waals surface area contributed by atoms with Crippen molar-refractivity contribution in [2.75, 3.05) is 20.8 Å². The van der Waals surface area contributed by atoms with E-state index in [2.05, 4.69) is 4.98 Å². The summed E-state index contributed by atoms with van der Waals surface area (Å²) in [6.45, 7) is 3.81. The summed E-state index contributed by atoms with van der Waals surface area (Å²) in [7, 11) is 3.16. The van der Waals surface area contributed by atoms with Crippen molar-refractivity contribution in [1.82, 2.24) is 9.55 Å². The molecule has 1 aromatic rings. The van der Waals surface area contributed by atoms with Gasteiger partial charge in [-0.1, -0.05) is 0 Å². The standard InChI is InChI=1S/C14H20N2O6/c1-7-5-16(13(18)15-11(7)17)12-9-10(20-4)14(22-12,6-19-3)8(2)21-9/h5,8-10,12H,6H2,1-4H3,(H,15,17,18)/t8?,9?,10?,12?,14-/m1/s1. The fourth-order valence-electron chi connectivity index (χ4n) is 3.39. The number of hydrogen-bond donors (Lipinski definition) is 1. The predicted molar refractivity (Wildman–Crippen MR) is 75.9 cm³/mol. The average molecular weight is 312 g/mol. The van der Waals surface area contributed by atoms with Gasteiger partial charge in [0.05, 0.1) is 12.7 Å². The molecule has 0 radical (unpaired) electrons. The lowest BCUT2D eigenvalue weighted by Gasteiger charge is -2.35. The minimum absolute atomic E-state index is 0.224. The first kappa shape index (κ1) is 15.4. The number of ether oxygens (including phenoxy) is 4. The minimum Gasteiger partial charge on any atom is -0.381 e. The molecule has 0 amide bonds. The number of aromatic amines is 1. The summed E-state index contributed by atoms with van der Waals surface area (Å²) < 4.78 is 24.2. The normalized spacial score (nSPS) is 36.9. The molecule has 3 rings (SSSR count). The second-order valence-corrected chi connectivity index (χ2v) is 5.77. The topological polar surface area (TPSA) is 91.8 Å². The van der Waals surface area contributed by atoms with Crippen molar-refractivity contribution in [2.45, 2.75) is 44.0 Å². The van der Waals surface area contributed by atoms with E-state index < -0.39 is 29.2 Å². The SMILES string of the molecule is COC[C@@]12OC(n3cc(C)c(=O)[nH]c3=O)C(OC1C)C2OC. The van der Waals surface area contributed by atoms with Gasteiger partial charge in [-0.05, 0) is 13.8 Å². The van der Waals surface area contributed by atoms with E-state index in [1.54, 1.807) is 21.1 Å². The Balaban J connectivity index is 2.04. The van der Waals surface area contributed by atoms with E-state index in [4.69, 9.17) is 18.9 Å². The lowest BCUT2D eigenvalue weighted by atomic mass is 9.94. The van der Waals surface area contributed by atoms with Crippen LogP contribution in [-0.2, 0) is 18.9 Å². The molecule has 2 fully saturated rings. The van der Waals surface area contributed by atoms with E-state index in [0.717, 1.165) is 0 Å². The van der Waals surface area contributed by atoms with Crippen LogP contribution in [0.3, 0.4) is 0 Å². The fraction of sp³-hybridized carbons (Fsp3) is 0.714. The van der Waals surface area contributed by atoms with Gasteiger partial charge in [0.15, 0.2) is 6.23 Å². The van der Waals surface area contributed by atoms with E-state index in [-0.39, 0.29) is 18.8 Å². The molecule has 8 nitrogen and oxygen atoms in total. The number of aryl methyl sites for hydroxylation is 1. The highest BCUT2D eigenvalue weighted by Crippen LogP contribution is 2.49. The summed E-state index contributed by atoms with van der Waals surface area (Å²) in [6.07, 6.45) is -0.212. The van der Waals surface area contributed by atoms with E-state index in [1.165, 1.54) is 10.8 Å². The van der Waals surface area contributed by atoms with Crippen LogP contribution in [0.2, 0.25) is 0 Å². The van der Waals surface area contributed by atoms with Gasteiger partial charge in [-0.15, -0.1) is 0 Å². The Morgan fingerprint density at radius 2 is 2.14 bits per heavy atom. The molecule has 5 atom stereocenters. The monoisotopic (exact) mass is 312 g/mol. The average Bonchev–Trinajstić information content (AvgIpc) is 2.91. The predicted octanol–water partition coefficient (Wildman–Crippen LogP) is -0.439. The van der Waals surface area contributed by atoms with E-state index in [0.29, 0.717) is 5.56 Å². The van der Waals surface area contributed by atoms with Crippen LogP contribution in [0.1, 0.15) is 18.7 Å². The first-order valence-corrected chi connectivity index (χ1v) is 7.11. The second kappa shape index (κ2) is 5.31. The molecular formula is C14H20N2O6. The Hall–Kier alpha value is -1.48. The van der Waals surface area contributed by atoms with Gasteiger partial charge in [0.2, 0.25) is 0 Å². The van der Waals surface area contributed by atoms with Gasteiger partial charge in [0.25, 0.3) is 5.56 Å². The van der Waals surface area contributed by atoms with Crippen LogP contribution in [0.25, 0.3) is 0 Å². The van der Waals surface area contributed by atoms with Crippen molar-refractivity contribution < 1.29 is 18.9 Å². The molecule has 2 aliphatic heterocycles. The zero-order valence-corrected chi connectivity index (χ0v) is 13.0. The van der Waals surface area contributed by atoms with Crippen molar-refractivity contribution in [3.05, 3.63) is 32.6 Å². The minimum atomic E-state index is -0.775. The molecule has 1 N–H and O–H groups in total. The van der Waals surface area contributed by atoms with Crippen molar-refractivity contribution >= 4 is 0 Å². The molecule has 2 bridgehead atoms. The Morgan fingerprint density at radius 1 is 1.41 bits per heavy atom. The zero-order chi connectivity index (χ0) is 16.1. The quantitative estimate of drug-likeness (QED) is 0.810. The van der Waals surface area contributed by atoms with Gasteiger partial charge in [-0.2, -0.15) is 0 Å². The van der Waals surface area contributed by atoms with E-state index in [9.17, 15) is 9.59 Å². The maximum atomic E-state index is 12.1. The highest BCUT2D eigenvalue weighted by molar-refractivity contribution is 5.13. The summed E-state index contributed by atoms with van der Waals surface area (Å²) in [5, 5.41) is 0. The maximum Gasteiger partial charge on any atom is 0.330 e. The fourth-order valence-corrected chi connectivity index (χ4v) is 3.39. The largest absolute Gasteiger partial charge is 0.381 e. The number of aromatic nitrogens is 2. The molecule has 4 unspecified atom stereocenters. The van der Waals surface area contributed by atoms with Gasteiger partial charge in [0.1, 0.15) is 17.8 Å². The Kier molecular flexibility index (Phi) is 3.72. The first-order chi connectivity index (χ1) is 10.4. The zero-order valence-electron chi connectivity index (χ0n) is 13.0. The van der Waals surface area contributed by atoms with Gasteiger partial charge in [-0.25, -0.2) is 4.79 Å². The van der Waals surface area contributed by atoms with Crippen LogP contribution in [0.4, 0.5) is 0 Å². The third kappa shape index (κ3) is 1.98. The number of H-pyrrole nitrogens is 1. The van der Waals surface area contributed by atoms with Gasteiger partial charge >= 0.3 is 5.69 Å². The molecule has 22 heavy (non-hydrogen) atoms. The van der Waals surface area contributed by atoms with Crippen LogP contribution in [0.15, 0.2) is 15.8 Å². The smallest absolute Gasteiger partial charge is 0.330 e. The summed E-state index contributed by atoms with van der Waals surface area (Å²) in [5.41, 5.74) is -1.29. The molecule has 0 aliphatic carbocycles. The van der Waals surface area contributed by atoms with E-state index >= 15 is 0 Å². The van der Waals surface area contributed by atoms with E-state index in [1.807, 2.05) is 6.92 Å². The number of nitrogens with one attached hydrogen (secondary N) is 1. The van der Waals surface area contributed by atoms with Crippen LogP contribution in [-0.4, -0.2) is 54.3 Å². The molecule has 0 spiro atoms. The molecule has 122 valence electrons. The highest BCUT2D eigenvalue weighted by atomic mass is 16.7. The van der Waals surface area contributed by atoms with Gasteiger partial charge < -0.3 is 18.9 Å². The third-order valence-electron chi connectivity index (χ3n) is 4.49. The van der Waals surface area contributed by atoms with Gasteiger partial charge in [-0.3, -0.25) is 14.3 Å². The van der Waals surface area contributed by atoms with Crippen LogP contribution >= 0.6 is 0 Å². The van der Waals surface area contributed by atoms with Crippen LogP contribution in [0.5, 0.6) is 0 Å². The van der Waals surface area contributed by atoms with Crippen molar-refractivity contribution in [2.24, 2.45) is 0 Å². The lowest BCUT2D eigenvalue weighted by molar-refractivity contribution is -0.221. The summed E-state index contributed by atoms with van der Waals surface area (Å²) >= 11 is 0. The molecule has 0 saturated carbocycles. The van der Waals surface area contributed by atoms with Crippen molar-refractivity contribution in [3.8, 4) is 0 Å². The first-order valence-electron chi connectivity index (χ1n) is 7.11. The maximum absolute atomic E-state index is 12.1. The molecule has 8 heteroatoms. The number of fused-ring (bicyclic) bond motifs is 2. The molecular weight excluding hydrogens is 292 g/mol. The highest BCUT2D eigenvalue weighted by Gasteiger charge is 2.66. The van der Waals surface area contributed by atoms with Gasteiger partial charge in [0, 0.05) is 26.0 Å². The number of methoxy groups -OCH3 is 2. The van der Waals surface area contributed by atoms with Crippen molar-refractivity contribution in [1.29, 1.82) is 0 Å². The number of rotatable bonds is 4. The lowest BCUT2D eigenvalue weighted by Crippen LogP contribution is -2.50. The second-order valence-electron chi connectivity index (χ2n) is 5.77.